The van der Waals surface area contributed by atoms with Crippen LogP contribution in [-0.4, -0.2) is 20.3 Å². The van der Waals surface area contributed by atoms with E-state index in [-0.39, 0.29) is 0 Å². The number of hydrogen-bond acceptors (Lipinski definition) is 4. The first-order valence-electron chi connectivity index (χ1n) is 5.96. The summed E-state index contributed by atoms with van der Waals surface area (Å²) < 4.78 is 27.6. The van der Waals surface area contributed by atoms with Gasteiger partial charge in [0, 0.05) is 5.82 Å². The van der Waals surface area contributed by atoms with E-state index in [0.717, 1.165) is 5.56 Å². The Morgan fingerprint density at radius 2 is 1.89 bits per heavy atom. The van der Waals surface area contributed by atoms with Crippen LogP contribution in [0, 0.1) is 0 Å². The molecule has 0 saturated carbocycles. The number of rotatable bonds is 7. The summed E-state index contributed by atoms with van der Waals surface area (Å²) in [5.74, 6) is 2.04. The third-order valence-corrected chi connectivity index (χ3v) is 4.29. The Labute approximate surface area is 118 Å². The van der Waals surface area contributed by atoms with Gasteiger partial charge in [-0.1, -0.05) is 17.7 Å². The molecule has 4 nitrogen and oxygen atoms in total. The summed E-state index contributed by atoms with van der Waals surface area (Å²) in [5.41, 5.74) is 0.797. The van der Waals surface area contributed by atoms with Crippen LogP contribution in [0.1, 0.15) is 19.4 Å². The molecule has 0 heterocycles. The van der Waals surface area contributed by atoms with Crippen molar-refractivity contribution >= 4 is 25.3 Å². The molecule has 0 saturated heterocycles. The molecule has 1 rings (SSSR count). The lowest BCUT2D eigenvalue weighted by molar-refractivity contribution is 0.229. The molecule has 0 fully saturated rings. The van der Waals surface area contributed by atoms with Crippen molar-refractivity contribution in [3.63, 3.8) is 0 Å². The Hall–Kier alpha value is -0.800. The molecule has 0 aliphatic carbocycles. The summed E-state index contributed by atoms with van der Waals surface area (Å²) in [6.45, 7) is 4.18. The van der Waals surface area contributed by atoms with Gasteiger partial charge in [0.1, 0.15) is 5.75 Å². The number of benzene rings is 1. The van der Waals surface area contributed by atoms with E-state index in [1.807, 2.05) is 6.07 Å². The topological polar surface area (TPSA) is 44.8 Å². The average molecular weight is 305 g/mol. The van der Waals surface area contributed by atoms with Crippen LogP contribution in [0.5, 0.6) is 5.75 Å². The Morgan fingerprint density at radius 1 is 1.26 bits per heavy atom. The zero-order valence-corrected chi connectivity index (χ0v) is 12.9. The van der Waals surface area contributed by atoms with Gasteiger partial charge in [0.25, 0.3) is 0 Å². The van der Waals surface area contributed by atoms with E-state index in [9.17, 15) is 4.57 Å². The molecule has 6 heteroatoms. The molecule has 0 amide bonds. The van der Waals surface area contributed by atoms with E-state index >= 15 is 0 Å². The molecular weight excluding hydrogens is 287 g/mol. The minimum atomic E-state index is -3.17. The molecule has 1 aromatic carbocycles. The summed E-state index contributed by atoms with van der Waals surface area (Å²) in [4.78, 5) is 0. The first-order chi connectivity index (χ1) is 9.04. The molecule has 0 aliphatic rings. The maximum absolute atomic E-state index is 12.2. The van der Waals surface area contributed by atoms with Crippen LogP contribution in [0.15, 0.2) is 24.0 Å². The van der Waals surface area contributed by atoms with E-state index in [2.05, 4.69) is 0 Å². The molecule has 0 unspecified atom stereocenters. The van der Waals surface area contributed by atoms with Crippen molar-refractivity contribution in [2.24, 2.45) is 0 Å². The van der Waals surface area contributed by atoms with Crippen LogP contribution in [0.25, 0.3) is 6.08 Å². The SMILES string of the molecule is CCOP(=O)(/C=C/c1ccc(OC)c(Cl)c1)OCC. The van der Waals surface area contributed by atoms with Gasteiger partial charge >= 0.3 is 7.60 Å². The van der Waals surface area contributed by atoms with Crippen molar-refractivity contribution in [1.29, 1.82) is 0 Å². The number of hydrogen-bond donors (Lipinski definition) is 0. The Morgan fingerprint density at radius 3 is 2.37 bits per heavy atom. The van der Waals surface area contributed by atoms with Gasteiger partial charge in [-0.3, -0.25) is 4.57 Å². The van der Waals surface area contributed by atoms with Gasteiger partial charge < -0.3 is 13.8 Å². The van der Waals surface area contributed by atoms with Gasteiger partial charge in [-0.2, -0.15) is 0 Å². The quantitative estimate of drug-likeness (QED) is 0.691. The summed E-state index contributed by atoms with van der Waals surface area (Å²) >= 11 is 6.01. The second-order valence-electron chi connectivity index (χ2n) is 3.59. The highest BCUT2D eigenvalue weighted by molar-refractivity contribution is 7.57. The molecule has 0 N–H and O–H groups in total. The number of halogens is 1. The van der Waals surface area contributed by atoms with Crippen molar-refractivity contribution in [1.82, 2.24) is 0 Å². The molecule has 19 heavy (non-hydrogen) atoms. The predicted molar refractivity (Wildman–Crippen MR) is 77.9 cm³/mol. The first kappa shape index (κ1) is 16.3. The molecular formula is C13H18ClO4P. The lowest BCUT2D eigenvalue weighted by Crippen LogP contribution is -1.92. The largest absolute Gasteiger partial charge is 0.495 e. The lowest BCUT2D eigenvalue weighted by Gasteiger charge is -2.12. The molecule has 0 radical (unpaired) electrons. The second-order valence-corrected chi connectivity index (χ2v) is 5.89. The number of ether oxygens (including phenoxy) is 1. The summed E-state index contributed by atoms with van der Waals surface area (Å²) in [6.07, 6.45) is 1.66. The van der Waals surface area contributed by atoms with Gasteiger partial charge in [-0.05, 0) is 37.6 Å². The third-order valence-electron chi connectivity index (χ3n) is 2.24. The highest BCUT2D eigenvalue weighted by Gasteiger charge is 2.18. The minimum absolute atomic E-state index is 0.324. The molecule has 0 atom stereocenters. The van der Waals surface area contributed by atoms with Crippen LogP contribution in [0.4, 0.5) is 0 Å². The fraction of sp³-hybridized carbons (Fsp3) is 0.385. The summed E-state index contributed by atoms with van der Waals surface area (Å²) in [5, 5.41) is 0.493. The smallest absolute Gasteiger partial charge is 0.354 e. The summed E-state index contributed by atoms with van der Waals surface area (Å²) in [7, 11) is -1.62. The third kappa shape index (κ3) is 5.00. The molecule has 0 spiro atoms. The molecule has 0 aliphatic heterocycles. The fourth-order valence-corrected chi connectivity index (χ4v) is 3.03. The van der Waals surface area contributed by atoms with Gasteiger partial charge in [-0.25, -0.2) is 0 Å². The van der Waals surface area contributed by atoms with Crippen molar-refractivity contribution < 1.29 is 18.3 Å². The van der Waals surface area contributed by atoms with Crippen molar-refractivity contribution in [2.75, 3.05) is 20.3 Å². The summed E-state index contributed by atoms with van der Waals surface area (Å²) in [6, 6.07) is 5.27. The van der Waals surface area contributed by atoms with E-state index in [1.165, 1.54) is 5.82 Å². The Kier molecular flexibility index (Phi) is 6.59. The predicted octanol–water partition coefficient (Wildman–Crippen LogP) is 4.59. The standard InChI is InChI=1S/C13H18ClO4P/c1-4-17-19(15,18-5-2)9-8-11-6-7-13(16-3)12(14)10-11/h6-10H,4-5H2,1-3H3/b9-8+. The maximum Gasteiger partial charge on any atom is 0.354 e. The van der Waals surface area contributed by atoms with Crippen molar-refractivity contribution in [3.05, 3.63) is 34.6 Å². The van der Waals surface area contributed by atoms with E-state index in [0.29, 0.717) is 24.0 Å². The zero-order valence-electron chi connectivity index (χ0n) is 11.3. The normalized spacial score (nSPS) is 12.0. The van der Waals surface area contributed by atoms with Crippen molar-refractivity contribution in [2.45, 2.75) is 13.8 Å². The average Bonchev–Trinajstić information content (AvgIpc) is 2.37. The maximum atomic E-state index is 12.2. The highest BCUT2D eigenvalue weighted by atomic mass is 35.5. The monoisotopic (exact) mass is 304 g/mol. The minimum Gasteiger partial charge on any atom is -0.495 e. The van der Waals surface area contributed by atoms with Gasteiger partial charge in [-0.15, -0.1) is 0 Å². The van der Waals surface area contributed by atoms with E-state index in [1.54, 1.807) is 39.2 Å². The Balaban J connectivity index is 2.90. The molecule has 106 valence electrons. The van der Waals surface area contributed by atoms with Crippen LogP contribution in [0.3, 0.4) is 0 Å². The van der Waals surface area contributed by atoms with Crippen LogP contribution >= 0.6 is 19.2 Å². The highest BCUT2D eigenvalue weighted by Crippen LogP contribution is 2.50. The first-order valence-corrected chi connectivity index (χ1v) is 7.95. The second kappa shape index (κ2) is 7.71. The molecule has 0 aromatic heterocycles. The van der Waals surface area contributed by atoms with Crippen LogP contribution in [-0.2, 0) is 13.6 Å². The molecule has 0 bridgehead atoms. The molecule has 1 aromatic rings. The van der Waals surface area contributed by atoms with Gasteiger partial charge in [0.2, 0.25) is 0 Å². The van der Waals surface area contributed by atoms with Gasteiger partial charge in [0.05, 0.1) is 25.3 Å². The number of methoxy groups -OCH3 is 1. The van der Waals surface area contributed by atoms with E-state index < -0.39 is 7.60 Å². The Bertz CT molecular complexity index is 478. The van der Waals surface area contributed by atoms with Gasteiger partial charge in [0.15, 0.2) is 0 Å². The van der Waals surface area contributed by atoms with E-state index in [4.69, 9.17) is 25.4 Å². The fourth-order valence-electron chi connectivity index (χ4n) is 1.45. The van der Waals surface area contributed by atoms with Crippen LogP contribution in [0.2, 0.25) is 5.02 Å². The van der Waals surface area contributed by atoms with Crippen LogP contribution < -0.4 is 4.74 Å². The zero-order chi connectivity index (χ0) is 14.3. The van der Waals surface area contributed by atoms with Crippen molar-refractivity contribution in [3.8, 4) is 5.75 Å². The lowest BCUT2D eigenvalue weighted by atomic mass is 10.2.